The lowest BCUT2D eigenvalue weighted by molar-refractivity contribution is 0.713. The van der Waals surface area contributed by atoms with Gasteiger partial charge in [0.05, 0.1) is 0 Å². The summed E-state index contributed by atoms with van der Waals surface area (Å²) in [7, 11) is 0. The summed E-state index contributed by atoms with van der Waals surface area (Å²) in [5, 5.41) is 0. The van der Waals surface area contributed by atoms with Crippen LogP contribution in [0.25, 0.3) is 0 Å². The minimum Gasteiger partial charge on any atom is -0.0722 e. The first-order chi connectivity index (χ1) is 9.74. The third-order valence-corrected chi connectivity index (χ3v) is 13.4. The molecule has 0 radical (unpaired) electrons. The third kappa shape index (κ3) is 2.26. The molecule has 0 fully saturated rings. The van der Waals surface area contributed by atoms with Gasteiger partial charge in [0.2, 0.25) is 0 Å². The Hall–Kier alpha value is 1.32. The monoisotopic (exact) mass is 662 g/mol. The highest BCUT2D eigenvalue weighted by atomic mass is 79.9. The summed E-state index contributed by atoms with van der Waals surface area (Å²) in [5.41, 5.74) is 3.50. The average molecular weight is 668 g/mol. The molecule has 0 bridgehead atoms. The highest BCUT2D eigenvalue weighted by Crippen LogP contribution is 2.74. The topological polar surface area (TPSA) is 0 Å². The molecule has 6 heteroatoms. The zero-order valence-corrected chi connectivity index (χ0v) is 19.9. The molecule has 0 N–H and O–H groups in total. The lowest BCUT2D eigenvalue weighted by Gasteiger charge is -2.39. The number of benzene rings is 2. The van der Waals surface area contributed by atoms with Gasteiger partial charge >= 0.3 is 0 Å². The Morgan fingerprint density at radius 1 is 0.714 bits per heavy atom. The van der Waals surface area contributed by atoms with E-state index in [-0.39, 0.29) is 0 Å². The molecule has 1 aliphatic rings. The van der Waals surface area contributed by atoms with Crippen LogP contribution in [0.3, 0.4) is 0 Å². The number of halogens is 6. The molecule has 3 rings (SSSR count). The Kier molecular flexibility index (Phi) is 4.65. The van der Waals surface area contributed by atoms with Crippen molar-refractivity contribution in [1.29, 1.82) is 0 Å². The average Bonchev–Trinajstić information content (AvgIpc) is 2.57. The molecule has 1 unspecified atom stereocenters. The van der Waals surface area contributed by atoms with Crippen LogP contribution in [0.4, 0.5) is 0 Å². The molecular weight excluding hydrogens is 660 g/mol. The normalized spacial score (nSPS) is 25.6. The lowest BCUT2D eigenvalue weighted by atomic mass is 9.92. The van der Waals surface area contributed by atoms with Crippen molar-refractivity contribution in [3.8, 4) is 0 Å². The quantitative estimate of drug-likeness (QED) is 0.276. The van der Waals surface area contributed by atoms with E-state index in [0.29, 0.717) is 0 Å². The molecule has 1 atom stereocenters. The molecule has 110 valence electrons. The maximum absolute atomic E-state index is 4.01. The van der Waals surface area contributed by atoms with Crippen molar-refractivity contribution in [2.24, 2.45) is 0 Å². The van der Waals surface area contributed by atoms with Crippen molar-refractivity contribution in [3.63, 3.8) is 0 Å². The molecule has 21 heavy (non-hydrogen) atoms. The summed E-state index contributed by atoms with van der Waals surface area (Å²) < 4.78 is -0.378. The van der Waals surface area contributed by atoms with E-state index in [1.165, 1.54) is 11.1 Å². The van der Waals surface area contributed by atoms with Crippen molar-refractivity contribution in [1.82, 2.24) is 0 Å². The predicted octanol–water partition coefficient (Wildman–Crippen LogP) is 7.53. The largest absolute Gasteiger partial charge is 0.134 e. The van der Waals surface area contributed by atoms with E-state index >= 15 is 0 Å². The second-order valence-corrected chi connectivity index (χ2v) is 13.8. The molecule has 0 saturated carbocycles. The highest BCUT2D eigenvalue weighted by Gasteiger charge is 2.67. The van der Waals surface area contributed by atoms with Gasteiger partial charge in [0.25, 0.3) is 0 Å². The van der Waals surface area contributed by atoms with Crippen LogP contribution >= 0.6 is 95.6 Å². The van der Waals surface area contributed by atoms with Crippen molar-refractivity contribution in [2.75, 3.05) is 0 Å². The predicted molar refractivity (Wildman–Crippen MR) is 110 cm³/mol. The summed E-state index contributed by atoms with van der Waals surface area (Å²) in [6.45, 7) is 0. The van der Waals surface area contributed by atoms with Gasteiger partial charge in [-0.15, -0.1) is 0 Å². The van der Waals surface area contributed by atoms with E-state index in [4.69, 9.17) is 0 Å². The standard InChI is InChI=1S/C15H8Br6/c16-11-8-4-7-10-12(11)14(18,19)15(20,21)13(10,17)9-5-2-1-3-6-9/h1-8H. The molecule has 0 aliphatic heterocycles. The maximum Gasteiger partial charge on any atom is 0.134 e. The van der Waals surface area contributed by atoms with Crippen molar-refractivity contribution < 1.29 is 0 Å². The SMILES string of the molecule is Brc1cccc2c1C(Br)(Br)C(Br)(Br)C2(Br)c1ccccc1. The molecule has 0 spiro atoms. The van der Waals surface area contributed by atoms with Gasteiger partial charge in [-0.2, -0.15) is 0 Å². The van der Waals surface area contributed by atoms with E-state index in [2.05, 4.69) is 138 Å². The Labute approximate surface area is 174 Å². The third-order valence-electron chi connectivity index (χ3n) is 3.70. The molecule has 0 aromatic heterocycles. The van der Waals surface area contributed by atoms with Crippen molar-refractivity contribution in [2.45, 2.75) is 10.8 Å². The number of hydrogen-bond acceptors (Lipinski definition) is 0. The molecule has 2 aromatic rings. The fraction of sp³-hybridized carbons (Fsp3) is 0.200. The van der Waals surface area contributed by atoms with E-state index in [1.54, 1.807) is 0 Å². The Balaban J connectivity index is 2.40. The molecule has 2 aromatic carbocycles. The van der Waals surface area contributed by atoms with Crippen LogP contribution in [-0.4, -0.2) is 3.23 Å². The number of alkyl halides is 5. The van der Waals surface area contributed by atoms with Gasteiger partial charge in [-0.1, -0.05) is 138 Å². The number of hydrogen-bond donors (Lipinski definition) is 0. The first-order valence-corrected chi connectivity index (χ1v) is 10.8. The second kappa shape index (κ2) is 5.69. The second-order valence-electron chi connectivity index (χ2n) is 4.84. The zero-order valence-electron chi connectivity index (χ0n) is 10.4. The maximum atomic E-state index is 4.01. The summed E-state index contributed by atoms with van der Waals surface area (Å²) in [6, 6.07) is 16.6. The van der Waals surface area contributed by atoms with E-state index in [0.717, 1.165) is 10.0 Å². The van der Waals surface area contributed by atoms with E-state index < -0.39 is 10.8 Å². The molecule has 0 saturated heterocycles. The Morgan fingerprint density at radius 2 is 1.33 bits per heavy atom. The summed E-state index contributed by atoms with van der Waals surface area (Å²) in [6.07, 6.45) is 0. The van der Waals surface area contributed by atoms with Crippen LogP contribution in [0.2, 0.25) is 0 Å². The fourth-order valence-electron chi connectivity index (χ4n) is 2.68. The molecule has 0 nitrogen and oxygen atoms in total. The molecule has 0 amide bonds. The first-order valence-electron chi connectivity index (χ1n) is 6.04. The molecule has 0 heterocycles. The van der Waals surface area contributed by atoms with Gasteiger partial charge in [-0.05, 0) is 17.2 Å². The van der Waals surface area contributed by atoms with Gasteiger partial charge in [-0.3, -0.25) is 0 Å². The van der Waals surface area contributed by atoms with Crippen molar-refractivity contribution >= 4 is 95.6 Å². The van der Waals surface area contributed by atoms with Crippen LogP contribution in [0.5, 0.6) is 0 Å². The van der Waals surface area contributed by atoms with Gasteiger partial charge in [-0.25, -0.2) is 0 Å². The minimum atomic E-state index is -0.506. The Morgan fingerprint density at radius 3 is 1.95 bits per heavy atom. The summed E-state index contributed by atoms with van der Waals surface area (Å²) >= 11 is 23.2. The van der Waals surface area contributed by atoms with Gasteiger partial charge in [0.1, 0.15) is 10.8 Å². The minimum absolute atomic E-state index is 0.437. The van der Waals surface area contributed by atoms with Gasteiger partial charge in [0, 0.05) is 10.0 Å². The number of rotatable bonds is 1. The van der Waals surface area contributed by atoms with E-state index in [1.807, 2.05) is 6.07 Å². The smallest absolute Gasteiger partial charge is 0.0722 e. The Bertz CT molecular complexity index is 695. The first kappa shape index (κ1) is 17.2. The summed E-state index contributed by atoms with van der Waals surface area (Å²) in [5.74, 6) is 0. The van der Waals surface area contributed by atoms with Crippen molar-refractivity contribution in [3.05, 3.63) is 69.7 Å². The van der Waals surface area contributed by atoms with Gasteiger partial charge < -0.3 is 0 Å². The highest BCUT2D eigenvalue weighted by molar-refractivity contribution is 9.30. The lowest BCUT2D eigenvalue weighted by Crippen LogP contribution is -2.41. The van der Waals surface area contributed by atoms with Crippen LogP contribution in [0.15, 0.2) is 53.0 Å². The molecular formula is C15H8Br6. The van der Waals surface area contributed by atoms with E-state index in [9.17, 15) is 0 Å². The van der Waals surface area contributed by atoms with Crippen LogP contribution in [0, 0.1) is 0 Å². The molecule has 1 aliphatic carbocycles. The number of fused-ring (bicyclic) bond motifs is 1. The van der Waals surface area contributed by atoms with Gasteiger partial charge in [0.15, 0.2) is 0 Å². The zero-order chi connectivity index (χ0) is 15.5. The summed E-state index contributed by atoms with van der Waals surface area (Å²) in [4.78, 5) is 0. The van der Waals surface area contributed by atoms with Crippen LogP contribution in [0.1, 0.15) is 16.7 Å². The fourth-order valence-corrected chi connectivity index (χ4v) is 8.03. The van der Waals surface area contributed by atoms with Crippen LogP contribution in [-0.2, 0) is 7.56 Å². The van der Waals surface area contributed by atoms with Crippen LogP contribution < -0.4 is 0 Å².